The maximum Gasteiger partial charge on any atom is 0.343 e. The van der Waals surface area contributed by atoms with Crippen LogP contribution in [-0.4, -0.2) is 18.9 Å². The molecule has 0 spiro atoms. The average Bonchev–Trinajstić information content (AvgIpc) is 2.75. The van der Waals surface area contributed by atoms with Gasteiger partial charge < -0.3 is 9.47 Å². The summed E-state index contributed by atoms with van der Waals surface area (Å²) >= 11 is 0. The van der Waals surface area contributed by atoms with Crippen LogP contribution in [0.25, 0.3) is 6.08 Å². The van der Waals surface area contributed by atoms with Crippen LogP contribution in [0.3, 0.4) is 0 Å². The van der Waals surface area contributed by atoms with E-state index in [1.54, 1.807) is 49.6 Å². The SMILES string of the molecule is C=Cc1ccc(C(=O)Oc2ccc(CC(=O)C3=CC=C(OC)CC3)cc2)cc1. The van der Waals surface area contributed by atoms with Crippen molar-refractivity contribution >= 4 is 17.8 Å². The van der Waals surface area contributed by atoms with E-state index in [0.29, 0.717) is 24.2 Å². The van der Waals surface area contributed by atoms with Crippen LogP contribution in [0.4, 0.5) is 0 Å². The van der Waals surface area contributed by atoms with Crippen LogP contribution in [0.1, 0.15) is 34.3 Å². The molecule has 28 heavy (non-hydrogen) atoms. The fourth-order valence-corrected chi connectivity index (χ4v) is 2.92. The van der Waals surface area contributed by atoms with Gasteiger partial charge in [0.2, 0.25) is 0 Å². The van der Waals surface area contributed by atoms with Gasteiger partial charge in [-0.2, -0.15) is 0 Å². The molecular weight excluding hydrogens is 352 g/mol. The molecule has 0 atom stereocenters. The summed E-state index contributed by atoms with van der Waals surface area (Å²) in [6.45, 7) is 3.69. The lowest BCUT2D eigenvalue weighted by Crippen LogP contribution is -2.10. The molecule has 2 aromatic rings. The zero-order valence-corrected chi connectivity index (χ0v) is 15.8. The molecule has 0 bridgehead atoms. The largest absolute Gasteiger partial charge is 0.501 e. The van der Waals surface area contributed by atoms with Gasteiger partial charge >= 0.3 is 5.97 Å². The fraction of sp³-hybridized carbons (Fsp3) is 0.167. The molecule has 1 aliphatic rings. The van der Waals surface area contributed by atoms with Crippen LogP contribution in [0.5, 0.6) is 5.75 Å². The summed E-state index contributed by atoms with van der Waals surface area (Å²) < 4.78 is 10.6. The maximum atomic E-state index is 12.4. The smallest absolute Gasteiger partial charge is 0.343 e. The summed E-state index contributed by atoms with van der Waals surface area (Å²) in [5.41, 5.74) is 3.09. The minimum absolute atomic E-state index is 0.0958. The summed E-state index contributed by atoms with van der Waals surface area (Å²) in [4.78, 5) is 24.6. The lowest BCUT2D eigenvalue weighted by Gasteiger charge is -2.13. The first-order valence-corrected chi connectivity index (χ1v) is 9.09. The van der Waals surface area contributed by atoms with Crippen LogP contribution in [0.2, 0.25) is 0 Å². The average molecular weight is 374 g/mol. The van der Waals surface area contributed by atoms with E-state index in [4.69, 9.17) is 9.47 Å². The number of rotatable bonds is 7. The Hall–Kier alpha value is -3.40. The Morgan fingerprint density at radius 2 is 1.71 bits per heavy atom. The molecular formula is C24H22O4. The molecule has 0 N–H and O–H groups in total. The lowest BCUT2D eigenvalue weighted by atomic mass is 9.96. The van der Waals surface area contributed by atoms with Crippen molar-refractivity contribution in [3.05, 3.63) is 95.3 Å². The van der Waals surface area contributed by atoms with Crippen molar-refractivity contribution in [2.45, 2.75) is 19.3 Å². The van der Waals surface area contributed by atoms with Crippen molar-refractivity contribution in [1.82, 2.24) is 0 Å². The first-order chi connectivity index (χ1) is 13.6. The van der Waals surface area contributed by atoms with Gasteiger partial charge in [0.05, 0.1) is 18.4 Å². The molecule has 3 rings (SSSR count). The van der Waals surface area contributed by atoms with E-state index in [9.17, 15) is 9.59 Å². The summed E-state index contributed by atoms with van der Waals surface area (Å²) in [5, 5.41) is 0. The molecule has 0 fully saturated rings. The number of hydrogen-bond donors (Lipinski definition) is 0. The van der Waals surface area contributed by atoms with Gasteiger partial charge in [-0.15, -0.1) is 0 Å². The Labute approximate surface area is 164 Å². The summed E-state index contributed by atoms with van der Waals surface area (Å²) in [6, 6.07) is 14.0. The highest BCUT2D eigenvalue weighted by Crippen LogP contribution is 2.21. The number of carbonyl (C=O) groups excluding carboxylic acids is 2. The second kappa shape index (κ2) is 9.00. The summed E-state index contributed by atoms with van der Waals surface area (Å²) in [6.07, 6.45) is 7.15. The molecule has 0 unspecified atom stereocenters. The van der Waals surface area contributed by atoms with E-state index < -0.39 is 5.97 Å². The molecule has 0 aliphatic heterocycles. The highest BCUT2D eigenvalue weighted by atomic mass is 16.5. The Bertz CT molecular complexity index is 932. The van der Waals surface area contributed by atoms with Crippen molar-refractivity contribution in [2.75, 3.05) is 7.11 Å². The Morgan fingerprint density at radius 3 is 2.29 bits per heavy atom. The van der Waals surface area contributed by atoms with Crippen molar-refractivity contribution in [2.24, 2.45) is 0 Å². The second-order valence-corrected chi connectivity index (χ2v) is 6.49. The van der Waals surface area contributed by atoms with Gasteiger partial charge in [0.25, 0.3) is 0 Å². The molecule has 2 aromatic carbocycles. The predicted molar refractivity (Wildman–Crippen MR) is 109 cm³/mol. The van der Waals surface area contributed by atoms with E-state index in [2.05, 4.69) is 6.58 Å². The number of allylic oxidation sites excluding steroid dienone is 4. The van der Waals surface area contributed by atoms with Crippen LogP contribution >= 0.6 is 0 Å². The monoisotopic (exact) mass is 374 g/mol. The number of carbonyl (C=O) groups is 2. The number of Topliss-reactive ketones (excluding diaryl/α,β-unsaturated/α-hetero) is 1. The van der Waals surface area contributed by atoms with Crippen molar-refractivity contribution in [1.29, 1.82) is 0 Å². The number of ether oxygens (including phenoxy) is 2. The van der Waals surface area contributed by atoms with E-state index in [1.807, 2.05) is 24.3 Å². The van der Waals surface area contributed by atoms with Crippen LogP contribution < -0.4 is 4.74 Å². The molecule has 0 amide bonds. The number of ketones is 1. The zero-order valence-electron chi connectivity index (χ0n) is 15.8. The van der Waals surface area contributed by atoms with Gasteiger partial charge in [0.1, 0.15) is 5.75 Å². The third-order valence-corrected chi connectivity index (χ3v) is 4.61. The van der Waals surface area contributed by atoms with E-state index in [0.717, 1.165) is 28.9 Å². The van der Waals surface area contributed by atoms with Gasteiger partial charge in [0, 0.05) is 12.8 Å². The number of benzene rings is 2. The van der Waals surface area contributed by atoms with Gasteiger partial charge in [-0.1, -0.05) is 43.0 Å². The number of methoxy groups -OCH3 is 1. The Kier molecular flexibility index (Phi) is 6.22. The predicted octanol–water partition coefficient (Wildman–Crippen LogP) is 4.91. The highest BCUT2D eigenvalue weighted by Gasteiger charge is 2.15. The number of hydrogen-bond acceptors (Lipinski definition) is 4. The highest BCUT2D eigenvalue weighted by molar-refractivity contribution is 5.97. The molecule has 0 heterocycles. The first-order valence-electron chi connectivity index (χ1n) is 9.09. The minimum Gasteiger partial charge on any atom is -0.501 e. The normalized spacial score (nSPS) is 13.2. The van der Waals surface area contributed by atoms with Crippen LogP contribution in [0, 0.1) is 0 Å². The minimum atomic E-state index is -0.424. The third kappa shape index (κ3) is 4.86. The van der Waals surface area contributed by atoms with Gasteiger partial charge in [0.15, 0.2) is 5.78 Å². The van der Waals surface area contributed by atoms with E-state index in [1.165, 1.54) is 0 Å². The van der Waals surface area contributed by atoms with Crippen molar-refractivity contribution in [3.63, 3.8) is 0 Å². The van der Waals surface area contributed by atoms with Gasteiger partial charge in [-0.3, -0.25) is 4.79 Å². The molecule has 0 radical (unpaired) electrons. The van der Waals surface area contributed by atoms with E-state index >= 15 is 0 Å². The van der Waals surface area contributed by atoms with Gasteiger partial charge in [-0.25, -0.2) is 4.79 Å². The molecule has 4 heteroatoms. The topological polar surface area (TPSA) is 52.6 Å². The van der Waals surface area contributed by atoms with E-state index in [-0.39, 0.29) is 5.78 Å². The van der Waals surface area contributed by atoms with Crippen LogP contribution in [-0.2, 0) is 16.0 Å². The second-order valence-electron chi connectivity index (χ2n) is 6.49. The quantitative estimate of drug-likeness (QED) is 0.510. The Balaban J connectivity index is 1.59. The maximum absolute atomic E-state index is 12.4. The Morgan fingerprint density at radius 1 is 1.00 bits per heavy atom. The summed E-state index contributed by atoms with van der Waals surface area (Å²) in [7, 11) is 1.64. The molecule has 142 valence electrons. The molecule has 0 aromatic heterocycles. The molecule has 4 nitrogen and oxygen atoms in total. The third-order valence-electron chi connectivity index (χ3n) is 4.61. The number of esters is 1. The summed E-state index contributed by atoms with van der Waals surface area (Å²) in [5.74, 6) is 1.01. The lowest BCUT2D eigenvalue weighted by molar-refractivity contribution is -0.115. The first kappa shape index (κ1) is 19.4. The molecule has 1 aliphatic carbocycles. The van der Waals surface area contributed by atoms with Crippen molar-refractivity contribution < 1.29 is 19.1 Å². The fourth-order valence-electron chi connectivity index (χ4n) is 2.92. The zero-order chi connectivity index (χ0) is 19.9. The molecule has 0 saturated carbocycles. The van der Waals surface area contributed by atoms with Gasteiger partial charge in [-0.05, 0) is 53.5 Å². The molecule has 0 saturated heterocycles. The van der Waals surface area contributed by atoms with Crippen molar-refractivity contribution in [3.8, 4) is 5.75 Å². The standard InChI is InChI=1S/C24H22O4/c1-3-17-4-8-20(9-5-17)24(26)28-22-12-6-18(7-13-22)16-23(25)19-10-14-21(27-2)15-11-19/h3-10,12-14H,1,11,15-16H2,2H3. The van der Waals surface area contributed by atoms with Crippen LogP contribution in [0.15, 0.2) is 78.6 Å².